The molecular weight excluding hydrogens is 408 g/mol. The van der Waals surface area contributed by atoms with Crippen molar-refractivity contribution in [2.45, 2.75) is 37.2 Å². The van der Waals surface area contributed by atoms with Gasteiger partial charge in [0.15, 0.2) is 0 Å². The smallest absolute Gasteiger partial charge is 0.338 e. The van der Waals surface area contributed by atoms with Crippen molar-refractivity contribution in [1.82, 2.24) is 9.29 Å². The van der Waals surface area contributed by atoms with Gasteiger partial charge in [-0.05, 0) is 49.2 Å². The maximum absolute atomic E-state index is 12.8. The molecule has 0 radical (unpaired) electrons. The lowest BCUT2D eigenvalue weighted by atomic mass is 10.2. The van der Waals surface area contributed by atoms with E-state index in [4.69, 9.17) is 4.74 Å². The van der Waals surface area contributed by atoms with Gasteiger partial charge in [0.25, 0.3) is 0 Å². The first-order valence-corrected chi connectivity index (χ1v) is 11.9. The molecule has 0 amide bonds. The van der Waals surface area contributed by atoms with Crippen LogP contribution in [0.1, 0.15) is 41.0 Å². The van der Waals surface area contributed by atoms with Crippen molar-refractivity contribution >= 4 is 37.5 Å². The first kappa shape index (κ1) is 20.0. The van der Waals surface area contributed by atoms with E-state index >= 15 is 0 Å². The van der Waals surface area contributed by atoms with Crippen LogP contribution in [0.25, 0.3) is 10.2 Å². The molecule has 0 atom stereocenters. The molecule has 0 unspecified atom stereocenters. The van der Waals surface area contributed by atoms with Crippen molar-refractivity contribution in [1.29, 1.82) is 0 Å². The number of benzene rings is 2. The van der Waals surface area contributed by atoms with Crippen LogP contribution < -0.4 is 0 Å². The molecule has 152 valence electrons. The molecule has 3 aromatic rings. The van der Waals surface area contributed by atoms with Crippen LogP contribution in [0.4, 0.5) is 0 Å². The quantitative estimate of drug-likeness (QED) is 0.567. The van der Waals surface area contributed by atoms with Gasteiger partial charge in [0.1, 0.15) is 11.6 Å². The molecule has 2 aromatic carbocycles. The summed E-state index contributed by atoms with van der Waals surface area (Å²) in [6, 6.07) is 13.7. The van der Waals surface area contributed by atoms with E-state index in [1.807, 2.05) is 24.3 Å². The van der Waals surface area contributed by atoms with E-state index in [2.05, 4.69) is 4.98 Å². The molecule has 0 aliphatic carbocycles. The Kier molecular flexibility index (Phi) is 5.94. The molecule has 29 heavy (non-hydrogen) atoms. The largest absolute Gasteiger partial charge is 0.455 e. The minimum Gasteiger partial charge on any atom is -0.455 e. The average molecular weight is 431 g/mol. The van der Waals surface area contributed by atoms with Gasteiger partial charge in [-0.3, -0.25) is 0 Å². The predicted molar refractivity (Wildman–Crippen MR) is 112 cm³/mol. The van der Waals surface area contributed by atoms with Crippen molar-refractivity contribution < 1.29 is 17.9 Å². The van der Waals surface area contributed by atoms with E-state index in [1.54, 1.807) is 4.31 Å². The number of carbonyl (C=O) groups is 1. The third kappa shape index (κ3) is 4.49. The fraction of sp³-hybridized carbons (Fsp3) is 0.333. The molecule has 0 saturated carbocycles. The van der Waals surface area contributed by atoms with Crippen LogP contribution in [0.5, 0.6) is 0 Å². The first-order chi connectivity index (χ1) is 14.0. The van der Waals surface area contributed by atoms with Crippen LogP contribution in [0.2, 0.25) is 0 Å². The molecule has 4 rings (SSSR count). The van der Waals surface area contributed by atoms with Gasteiger partial charge in [0.05, 0.1) is 20.7 Å². The number of nitrogens with zero attached hydrogens (tertiary/aromatic N) is 2. The Hall–Kier alpha value is -2.29. The molecule has 2 heterocycles. The molecule has 6 nitrogen and oxygen atoms in total. The normalized spacial score (nSPS) is 15.9. The summed E-state index contributed by atoms with van der Waals surface area (Å²) >= 11 is 1.48. The van der Waals surface area contributed by atoms with Crippen LogP contribution in [-0.4, -0.2) is 36.8 Å². The molecule has 0 N–H and O–H groups in total. The van der Waals surface area contributed by atoms with Crippen molar-refractivity contribution in [2.24, 2.45) is 0 Å². The Balaban J connectivity index is 1.42. The third-order valence-corrected chi connectivity index (χ3v) is 7.88. The number of carbonyl (C=O) groups excluding carboxylic acids is 1. The van der Waals surface area contributed by atoms with Gasteiger partial charge < -0.3 is 4.74 Å². The van der Waals surface area contributed by atoms with Crippen LogP contribution in [0.3, 0.4) is 0 Å². The number of rotatable bonds is 5. The molecule has 1 aliphatic heterocycles. The maximum atomic E-state index is 12.8. The van der Waals surface area contributed by atoms with Crippen LogP contribution in [0, 0.1) is 0 Å². The van der Waals surface area contributed by atoms with E-state index in [9.17, 15) is 13.2 Å². The zero-order chi connectivity index (χ0) is 20.3. The minimum atomic E-state index is -3.53. The van der Waals surface area contributed by atoms with Crippen molar-refractivity contribution in [3.8, 4) is 0 Å². The van der Waals surface area contributed by atoms with Crippen LogP contribution >= 0.6 is 11.3 Å². The van der Waals surface area contributed by atoms with Gasteiger partial charge in [0, 0.05) is 13.1 Å². The maximum Gasteiger partial charge on any atom is 0.338 e. The summed E-state index contributed by atoms with van der Waals surface area (Å²) < 4.78 is 33.6. The number of fused-ring (bicyclic) bond motifs is 1. The standard InChI is InChI=1S/C21H22N2O4S2/c24-21(27-15-20-22-18-7-3-4-8-19(18)28-20)16-9-11-17(12-10-16)29(25,26)23-13-5-1-2-6-14-23/h3-4,7-12H,1-2,5-6,13-15H2. The Morgan fingerprint density at radius 3 is 2.38 bits per heavy atom. The summed E-state index contributed by atoms with van der Waals surface area (Å²) in [4.78, 5) is 17.0. The lowest BCUT2D eigenvalue weighted by Gasteiger charge is -2.19. The zero-order valence-corrected chi connectivity index (χ0v) is 17.5. The summed E-state index contributed by atoms with van der Waals surface area (Å²) in [5.74, 6) is -0.497. The number of para-hydroxylation sites is 1. The Labute approximate surface area is 174 Å². The molecule has 1 saturated heterocycles. The van der Waals surface area contributed by atoms with Crippen molar-refractivity contribution in [3.63, 3.8) is 0 Å². The summed E-state index contributed by atoms with van der Waals surface area (Å²) in [5, 5.41) is 0.722. The number of hydrogen-bond donors (Lipinski definition) is 0. The van der Waals surface area contributed by atoms with Crippen molar-refractivity contribution in [2.75, 3.05) is 13.1 Å². The molecule has 1 aliphatic rings. The number of esters is 1. The minimum absolute atomic E-state index is 0.0893. The molecular formula is C21H22N2O4S2. The van der Waals surface area contributed by atoms with Gasteiger partial charge in [-0.1, -0.05) is 25.0 Å². The molecule has 0 bridgehead atoms. The molecule has 8 heteroatoms. The van der Waals surface area contributed by atoms with E-state index in [1.165, 1.54) is 35.6 Å². The summed E-state index contributed by atoms with van der Waals surface area (Å²) in [6.45, 7) is 1.19. The van der Waals surface area contributed by atoms with E-state index in [0.29, 0.717) is 18.7 Å². The lowest BCUT2D eigenvalue weighted by molar-refractivity contribution is 0.0472. The fourth-order valence-electron chi connectivity index (χ4n) is 3.39. The highest BCUT2D eigenvalue weighted by atomic mass is 32.2. The van der Waals surface area contributed by atoms with Gasteiger partial charge >= 0.3 is 5.97 Å². The van der Waals surface area contributed by atoms with Gasteiger partial charge in [-0.25, -0.2) is 18.2 Å². The number of sulfonamides is 1. The topological polar surface area (TPSA) is 76.6 Å². The number of hydrogen-bond acceptors (Lipinski definition) is 6. The number of thiazole rings is 1. The van der Waals surface area contributed by atoms with Gasteiger partial charge in [-0.15, -0.1) is 11.3 Å². The molecule has 1 aromatic heterocycles. The van der Waals surface area contributed by atoms with Gasteiger partial charge in [-0.2, -0.15) is 4.31 Å². The Morgan fingerprint density at radius 2 is 1.69 bits per heavy atom. The Bertz CT molecular complexity index is 1070. The fourth-order valence-corrected chi connectivity index (χ4v) is 5.78. The zero-order valence-electron chi connectivity index (χ0n) is 15.9. The Morgan fingerprint density at radius 1 is 1.00 bits per heavy atom. The average Bonchev–Trinajstić information content (AvgIpc) is 2.94. The first-order valence-electron chi connectivity index (χ1n) is 9.66. The highest BCUT2D eigenvalue weighted by Crippen LogP contribution is 2.23. The van der Waals surface area contributed by atoms with Crippen LogP contribution in [-0.2, 0) is 21.4 Å². The van der Waals surface area contributed by atoms with E-state index < -0.39 is 16.0 Å². The second-order valence-corrected chi connectivity index (χ2v) is 10.0. The summed E-state index contributed by atoms with van der Waals surface area (Å²) in [6.07, 6.45) is 3.89. The van der Waals surface area contributed by atoms with Gasteiger partial charge in [0.2, 0.25) is 10.0 Å². The number of ether oxygens (including phenoxy) is 1. The highest BCUT2D eigenvalue weighted by molar-refractivity contribution is 7.89. The number of aromatic nitrogens is 1. The van der Waals surface area contributed by atoms with Crippen LogP contribution in [0.15, 0.2) is 53.4 Å². The molecule has 1 fully saturated rings. The second-order valence-electron chi connectivity index (χ2n) is 6.99. The predicted octanol–water partition coefficient (Wildman–Crippen LogP) is 4.22. The second kappa shape index (κ2) is 8.61. The third-order valence-electron chi connectivity index (χ3n) is 4.96. The van der Waals surface area contributed by atoms with E-state index in [0.717, 1.165) is 40.9 Å². The SMILES string of the molecule is O=C(OCc1nc2ccccc2s1)c1ccc(S(=O)(=O)N2CCCCCC2)cc1. The van der Waals surface area contributed by atoms with Crippen molar-refractivity contribution in [3.05, 3.63) is 59.1 Å². The van der Waals surface area contributed by atoms with E-state index in [-0.39, 0.29) is 11.5 Å². The summed E-state index contributed by atoms with van der Waals surface area (Å²) in [5.41, 5.74) is 1.20. The highest BCUT2D eigenvalue weighted by Gasteiger charge is 2.25. The molecule has 0 spiro atoms. The summed E-state index contributed by atoms with van der Waals surface area (Å²) in [7, 11) is -3.53. The lowest BCUT2D eigenvalue weighted by Crippen LogP contribution is -2.31. The monoisotopic (exact) mass is 430 g/mol.